The van der Waals surface area contributed by atoms with Gasteiger partial charge < -0.3 is 15.8 Å². The van der Waals surface area contributed by atoms with Crippen molar-refractivity contribution in [1.82, 2.24) is 34.6 Å². The summed E-state index contributed by atoms with van der Waals surface area (Å²) >= 11 is 0. The number of hydrogen-bond donors (Lipinski definition) is 2. The number of rotatable bonds is 10. The summed E-state index contributed by atoms with van der Waals surface area (Å²) in [6.45, 7) is 3.91. The molecule has 0 bridgehead atoms. The fourth-order valence-corrected chi connectivity index (χ4v) is 4.73. The second-order valence-corrected chi connectivity index (χ2v) is 9.29. The number of fused-ring (bicyclic) bond motifs is 2. The Kier molecular flexibility index (Phi) is 7.34. The van der Waals surface area contributed by atoms with Gasteiger partial charge in [-0.15, -0.1) is 0 Å². The third kappa shape index (κ3) is 5.22. The minimum atomic E-state index is -0.334. The zero-order chi connectivity index (χ0) is 26.6. The van der Waals surface area contributed by atoms with Crippen molar-refractivity contribution in [1.29, 1.82) is 0 Å². The predicted molar refractivity (Wildman–Crippen MR) is 148 cm³/mol. The molecule has 3 N–H and O–H groups in total. The summed E-state index contributed by atoms with van der Waals surface area (Å²) in [7, 11) is 3.52. The first-order valence-corrected chi connectivity index (χ1v) is 12.6. The fourth-order valence-electron chi connectivity index (χ4n) is 4.73. The number of hydrogen-bond acceptors (Lipinski definition) is 7. The van der Waals surface area contributed by atoms with Gasteiger partial charge in [-0.1, -0.05) is 42.5 Å². The van der Waals surface area contributed by atoms with E-state index in [2.05, 4.69) is 58.0 Å². The van der Waals surface area contributed by atoms with E-state index in [-0.39, 0.29) is 18.6 Å². The highest BCUT2D eigenvalue weighted by atomic mass is 16.5. The van der Waals surface area contributed by atoms with Crippen LogP contribution in [0.5, 0.6) is 0 Å². The third-order valence-electron chi connectivity index (χ3n) is 6.53. The molecular formula is C28H32N8O2. The Morgan fingerprint density at radius 1 is 1.18 bits per heavy atom. The summed E-state index contributed by atoms with van der Waals surface area (Å²) in [5, 5.41) is 13.1. The number of amides is 1. The van der Waals surface area contributed by atoms with Gasteiger partial charge in [0.15, 0.2) is 5.82 Å². The van der Waals surface area contributed by atoms with Crippen LogP contribution in [0.2, 0.25) is 0 Å². The molecule has 3 aromatic heterocycles. The Morgan fingerprint density at radius 2 is 2.00 bits per heavy atom. The van der Waals surface area contributed by atoms with E-state index in [1.807, 2.05) is 41.8 Å². The standard InChI is InChI=1S/C28H32N8O2/c1-4-38-25(16-34(3)17-26(37)30-2)24-13-22(27-28(29)31-18-32-36(24)27)20-10-11-21-15-35(33-23(21)12-20)14-19-8-6-5-7-9-19/h5-13,15,18,25H,4,14,16-17H2,1-3H3,(H,30,37)(H2,29,31,32). The number of nitrogens with zero attached hydrogens (tertiary/aromatic N) is 6. The monoisotopic (exact) mass is 512 g/mol. The zero-order valence-electron chi connectivity index (χ0n) is 21.8. The molecule has 2 aromatic carbocycles. The second kappa shape index (κ2) is 11.0. The van der Waals surface area contributed by atoms with Gasteiger partial charge in [0.2, 0.25) is 5.91 Å². The number of nitrogens with one attached hydrogen (secondary N) is 1. The number of carbonyl (C=O) groups excluding carboxylic acids is 1. The Bertz CT molecular complexity index is 1560. The Balaban J connectivity index is 1.53. The molecule has 0 saturated heterocycles. The average Bonchev–Trinajstić information content (AvgIpc) is 3.50. The Labute approximate surface area is 221 Å². The first-order valence-electron chi connectivity index (χ1n) is 12.6. The molecule has 0 aliphatic rings. The van der Waals surface area contributed by atoms with Crippen LogP contribution in [0.3, 0.4) is 0 Å². The van der Waals surface area contributed by atoms with Gasteiger partial charge in [-0.25, -0.2) is 9.50 Å². The molecule has 0 aliphatic heterocycles. The normalized spacial score (nSPS) is 12.4. The fraction of sp³-hybridized carbons (Fsp3) is 0.286. The molecule has 0 spiro atoms. The number of anilines is 1. The highest BCUT2D eigenvalue weighted by Crippen LogP contribution is 2.35. The number of nitrogen functional groups attached to an aromatic ring is 1. The lowest BCUT2D eigenvalue weighted by Gasteiger charge is -2.23. The summed E-state index contributed by atoms with van der Waals surface area (Å²) in [5.41, 5.74) is 11.9. The number of benzene rings is 2. The van der Waals surface area contributed by atoms with Gasteiger partial charge in [-0.05, 0) is 37.2 Å². The van der Waals surface area contributed by atoms with E-state index in [0.717, 1.165) is 27.7 Å². The summed E-state index contributed by atoms with van der Waals surface area (Å²) in [6, 6.07) is 18.5. The first-order chi connectivity index (χ1) is 18.5. The molecule has 1 unspecified atom stereocenters. The lowest BCUT2D eigenvalue weighted by Crippen LogP contribution is -2.36. The van der Waals surface area contributed by atoms with E-state index in [1.165, 1.54) is 11.9 Å². The van der Waals surface area contributed by atoms with Crippen molar-refractivity contribution in [2.24, 2.45) is 0 Å². The summed E-state index contributed by atoms with van der Waals surface area (Å²) < 4.78 is 9.88. The van der Waals surface area contributed by atoms with E-state index < -0.39 is 0 Å². The average molecular weight is 513 g/mol. The lowest BCUT2D eigenvalue weighted by molar-refractivity contribution is -0.121. The molecule has 10 nitrogen and oxygen atoms in total. The van der Waals surface area contributed by atoms with Crippen molar-refractivity contribution < 1.29 is 9.53 Å². The maximum atomic E-state index is 11.9. The number of nitrogens with two attached hydrogens (primary N) is 1. The van der Waals surface area contributed by atoms with E-state index >= 15 is 0 Å². The van der Waals surface area contributed by atoms with Crippen molar-refractivity contribution in [2.45, 2.75) is 19.6 Å². The Hall–Kier alpha value is -4.28. The quantitative estimate of drug-likeness (QED) is 0.295. The van der Waals surface area contributed by atoms with Crippen LogP contribution in [0.25, 0.3) is 27.5 Å². The van der Waals surface area contributed by atoms with Crippen LogP contribution < -0.4 is 11.1 Å². The van der Waals surface area contributed by atoms with Gasteiger partial charge >= 0.3 is 0 Å². The van der Waals surface area contributed by atoms with Crippen LogP contribution in [0, 0.1) is 0 Å². The van der Waals surface area contributed by atoms with Crippen LogP contribution >= 0.6 is 0 Å². The van der Waals surface area contributed by atoms with Crippen LogP contribution in [0.1, 0.15) is 24.3 Å². The maximum Gasteiger partial charge on any atom is 0.233 e. The summed E-state index contributed by atoms with van der Waals surface area (Å²) in [4.78, 5) is 18.1. The van der Waals surface area contributed by atoms with Crippen LogP contribution in [-0.4, -0.2) is 69.0 Å². The van der Waals surface area contributed by atoms with E-state index in [1.54, 1.807) is 11.6 Å². The van der Waals surface area contributed by atoms with Gasteiger partial charge in [-0.3, -0.25) is 14.4 Å². The predicted octanol–water partition coefficient (Wildman–Crippen LogP) is 3.13. The van der Waals surface area contributed by atoms with Crippen LogP contribution in [0.4, 0.5) is 5.82 Å². The summed E-state index contributed by atoms with van der Waals surface area (Å²) in [6.07, 6.45) is 3.17. The molecular weight excluding hydrogens is 480 g/mol. The minimum Gasteiger partial charge on any atom is -0.382 e. The molecule has 0 saturated carbocycles. The van der Waals surface area contributed by atoms with Crippen molar-refractivity contribution in [2.75, 3.05) is 39.5 Å². The smallest absolute Gasteiger partial charge is 0.233 e. The van der Waals surface area contributed by atoms with Crippen LogP contribution in [0.15, 0.2) is 67.1 Å². The van der Waals surface area contributed by atoms with Crippen molar-refractivity contribution in [3.8, 4) is 11.1 Å². The highest BCUT2D eigenvalue weighted by Gasteiger charge is 2.24. The largest absolute Gasteiger partial charge is 0.382 e. The van der Waals surface area contributed by atoms with Gasteiger partial charge in [0, 0.05) is 37.3 Å². The molecule has 10 heteroatoms. The van der Waals surface area contributed by atoms with E-state index in [0.29, 0.717) is 31.0 Å². The molecule has 1 amide bonds. The SMILES string of the molecule is CCOC(CN(C)CC(=O)NC)c1cc(-c2ccc3cn(Cc4ccccc4)nc3c2)c2c(N)ncnn12. The molecule has 0 radical (unpaired) electrons. The molecule has 0 aliphatic carbocycles. The Morgan fingerprint density at radius 3 is 2.76 bits per heavy atom. The second-order valence-electron chi connectivity index (χ2n) is 9.29. The van der Waals surface area contributed by atoms with E-state index in [9.17, 15) is 4.79 Å². The summed E-state index contributed by atoms with van der Waals surface area (Å²) in [5.74, 6) is 0.319. The third-order valence-corrected chi connectivity index (χ3v) is 6.53. The zero-order valence-corrected chi connectivity index (χ0v) is 21.8. The van der Waals surface area contributed by atoms with Crippen molar-refractivity contribution >= 4 is 28.1 Å². The van der Waals surface area contributed by atoms with E-state index in [4.69, 9.17) is 15.6 Å². The number of likely N-dealkylation sites (N-methyl/N-ethyl adjacent to an activating group) is 2. The van der Waals surface area contributed by atoms with Crippen molar-refractivity contribution in [3.05, 3.63) is 78.4 Å². The lowest BCUT2D eigenvalue weighted by atomic mass is 10.0. The molecule has 0 fully saturated rings. The highest BCUT2D eigenvalue weighted by molar-refractivity contribution is 5.92. The van der Waals surface area contributed by atoms with Gasteiger partial charge in [0.05, 0.1) is 24.3 Å². The van der Waals surface area contributed by atoms with Crippen molar-refractivity contribution in [3.63, 3.8) is 0 Å². The number of carbonyl (C=O) groups is 1. The van der Waals surface area contributed by atoms with Crippen LogP contribution in [-0.2, 0) is 16.1 Å². The molecule has 5 aromatic rings. The van der Waals surface area contributed by atoms with Gasteiger partial charge in [0.1, 0.15) is 17.9 Å². The minimum absolute atomic E-state index is 0.0602. The topological polar surface area (TPSA) is 116 Å². The molecule has 38 heavy (non-hydrogen) atoms. The first kappa shape index (κ1) is 25.4. The molecule has 196 valence electrons. The molecule has 3 heterocycles. The number of ether oxygens (including phenoxy) is 1. The molecule has 1 atom stereocenters. The van der Waals surface area contributed by atoms with Gasteiger partial charge in [-0.2, -0.15) is 10.2 Å². The van der Waals surface area contributed by atoms with Gasteiger partial charge in [0.25, 0.3) is 0 Å². The maximum absolute atomic E-state index is 11.9. The number of aromatic nitrogens is 5. The molecule has 5 rings (SSSR count).